The number of unbranched alkanes of at least 4 members (excludes halogenated alkanes) is 1. The van der Waals surface area contributed by atoms with Crippen molar-refractivity contribution in [3.63, 3.8) is 0 Å². The monoisotopic (exact) mass is 283 g/mol. The fourth-order valence-electron chi connectivity index (χ4n) is 2.47. The average Bonchev–Trinajstić information content (AvgIpc) is 2.91. The Labute approximate surface area is 119 Å². The molecule has 0 bridgehead atoms. The van der Waals surface area contributed by atoms with Gasteiger partial charge in [-0.15, -0.1) is 5.10 Å². The van der Waals surface area contributed by atoms with Crippen molar-refractivity contribution in [2.75, 3.05) is 26.3 Å². The molecule has 0 unspecified atom stereocenters. The van der Waals surface area contributed by atoms with Crippen molar-refractivity contribution in [1.29, 1.82) is 0 Å². The molecule has 1 aliphatic rings. The summed E-state index contributed by atoms with van der Waals surface area (Å²) in [5.41, 5.74) is 0. The van der Waals surface area contributed by atoms with E-state index in [0.29, 0.717) is 6.61 Å². The molecule has 0 spiro atoms. The van der Waals surface area contributed by atoms with E-state index >= 15 is 0 Å². The van der Waals surface area contributed by atoms with Crippen molar-refractivity contribution < 1.29 is 9.84 Å². The van der Waals surface area contributed by atoms with Crippen LogP contribution in [0.1, 0.15) is 38.4 Å². The number of ether oxygens (including phenoxy) is 1. The van der Waals surface area contributed by atoms with Gasteiger partial charge in [0.1, 0.15) is 0 Å². The Morgan fingerprint density at radius 2 is 2.15 bits per heavy atom. The molecular weight excluding hydrogens is 258 g/mol. The molecule has 1 aromatic rings. The lowest BCUT2D eigenvalue weighted by Crippen LogP contribution is -2.37. The lowest BCUT2D eigenvalue weighted by molar-refractivity contribution is -0.00958. The SMILES string of the molecule is CCCCn1nnnc1CN1CCC(OCCO)CC1. The Balaban J connectivity index is 1.76. The minimum Gasteiger partial charge on any atom is -0.394 e. The molecule has 0 aliphatic carbocycles. The van der Waals surface area contributed by atoms with Gasteiger partial charge in [-0.1, -0.05) is 13.3 Å². The summed E-state index contributed by atoms with van der Waals surface area (Å²) in [6.07, 6.45) is 4.56. The normalized spacial score (nSPS) is 17.7. The molecule has 2 rings (SSSR count). The number of likely N-dealkylation sites (tertiary alicyclic amines) is 1. The minimum absolute atomic E-state index is 0.104. The van der Waals surface area contributed by atoms with Gasteiger partial charge < -0.3 is 9.84 Å². The predicted octanol–water partition coefficient (Wildman–Crippen LogP) is 0.446. The largest absolute Gasteiger partial charge is 0.394 e. The zero-order chi connectivity index (χ0) is 14.2. The molecular formula is C13H25N5O2. The van der Waals surface area contributed by atoms with E-state index in [2.05, 4.69) is 27.3 Å². The minimum atomic E-state index is 0.104. The van der Waals surface area contributed by atoms with Gasteiger partial charge in [0.2, 0.25) is 0 Å². The maximum Gasteiger partial charge on any atom is 0.165 e. The second-order valence-electron chi connectivity index (χ2n) is 5.24. The molecule has 0 amide bonds. The third-order valence-electron chi connectivity index (χ3n) is 3.67. The van der Waals surface area contributed by atoms with Crippen molar-refractivity contribution in [2.45, 2.75) is 51.8 Å². The first-order valence-corrected chi connectivity index (χ1v) is 7.53. The number of aliphatic hydroxyl groups is 1. The van der Waals surface area contributed by atoms with Gasteiger partial charge >= 0.3 is 0 Å². The Morgan fingerprint density at radius 1 is 1.35 bits per heavy atom. The van der Waals surface area contributed by atoms with Crippen LogP contribution in [0.4, 0.5) is 0 Å². The maximum absolute atomic E-state index is 8.76. The number of aryl methyl sites for hydroxylation is 1. The predicted molar refractivity (Wildman–Crippen MR) is 74.1 cm³/mol. The van der Waals surface area contributed by atoms with Crippen LogP contribution in [0.2, 0.25) is 0 Å². The zero-order valence-corrected chi connectivity index (χ0v) is 12.2. The molecule has 20 heavy (non-hydrogen) atoms. The number of hydrogen-bond donors (Lipinski definition) is 1. The average molecular weight is 283 g/mol. The zero-order valence-electron chi connectivity index (χ0n) is 12.2. The number of tetrazole rings is 1. The molecule has 0 saturated carbocycles. The first-order valence-electron chi connectivity index (χ1n) is 7.53. The molecule has 7 nitrogen and oxygen atoms in total. The van der Waals surface area contributed by atoms with Crippen molar-refractivity contribution in [1.82, 2.24) is 25.1 Å². The second-order valence-corrected chi connectivity index (χ2v) is 5.24. The van der Waals surface area contributed by atoms with E-state index in [4.69, 9.17) is 9.84 Å². The van der Waals surface area contributed by atoms with Gasteiger partial charge in [0, 0.05) is 19.6 Å². The van der Waals surface area contributed by atoms with Gasteiger partial charge in [-0.05, 0) is 29.7 Å². The molecule has 1 N–H and O–H groups in total. The van der Waals surface area contributed by atoms with E-state index < -0.39 is 0 Å². The highest BCUT2D eigenvalue weighted by atomic mass is 16.5. The third-order valence-corrected chi connectivity index (χ3v) is 3.67. The summed E-state index contributed by atoms with van der Waals surface area (Å²) in [6, 6.07) is 0. The molecule has 0 atom stereocenters. The number of hydrogen-bond acceptors (Lipinski definition) is 6. The first kappa shape index (κ1) is 15.3. The van der Waals surface area contributed by atoms with Crippen LogP contribution in [0.15, 0.2) is 0 Å². The maximum atomic E-state index is 8.76. The highest BCUT2D eigenvalue weighted by molar-refractivity contribution is 4.83. The highest BCUT2D eigenvalue weighted by Crippen LogP contribution is 2.15. The second kappa shape index (κ2) is 8.28. The van der Waals surface area contributed by atoms with Crippen LogP contribution in [0.25, 0.3) is 0 Å². The molecule has 1 fully saturated rings. The summed E-state index contributed by atoms with van der Waals surface area (Å²) in [5, 5.41) is 20.7. The Kier molecular flexibility index (Phi) is 6.35. The van der Waals surface area contributed by atoms with E-state index in [1.54, 1.807) is 0 Å². The lowest BCUT2D eigenvalue weighted by atomic mass is 10.1. The molecule has 0 aromatic carbocycles. The van der Waals surface area contributed by atoms with Crippen molar-refractivity contribution >= 4 is 0 Å². The van der Waals surface area contributed by atoms with Gasteiger partial charge in [0.05, 0.1) is 25.9 Å². The van der Waals surface area contributed by atoms with E-state index in [1.807, 2.05) is 4.68 Å². The first-order chi connectivity index (χ1) is 9.83. The van der Waals surface area contributed by atoms with Crippen LogP contribution in [0.5, 0.6) is 0 Å². The molecule has 1 saturated heterocycles. The van der Waals surface area contributed by atoms with E-state index in [0.717, 1.165) is 57.7 Å². The summed E-state index contributed by atoms with van der Waals surface area (Å²) in [7, 11) is 0. The number of nitrogens with zero attached hydrogens (tertiary/aromatic N) is 5. The van der Waals surface area contributed by atoms with Crippen molar-refractivity contribution in [2.24, 2.45) is 0 Å². The summed E-state index contributed by atoms with van der Waals surface area (Å²) >= 11 is 0. The van der Waals surface area contributed by atoms with Gasteiger partial charge in [0.25, 0.3) is 0 Å². The van der Waals surface area contributed by atoms with Crippen LogP contribution < -0.4 is 0 Å². The fraction of sp³-hybridized carbons (Fsp3) is 0.923. The van der Waals surface area contributed by atoms with Gasteiger partial charge in [-0.2, -0.15) is 0 Å². The molecule has 7 heteroatoms. The van der Waals surface area contributed by atoms with E-state index in [9.17, 15) is 0 Å². The fourth-order valence-corrected chi connectivity index (χ4v) is 2.47. The van der Waals surface area contributed by atoms with Crippen LogP contribution in [-0.4, -0.2) is 62.6 Å². The standard InChI is InChI=1S/C13H25N5O2/c1-2-3-6-18-13(14-15-16-18)11-17-7-4-12(5-8-17)20-10-9-19/h12,19H,2-11H2,1H3. The highest BCUT2D eigenvalue weighted by Gasteiger charge is 2.21. The summed E-state index contributed by atoms with van der Waals surface area (Å²) in [5.74, 6) is 0.952. The van der Waals surface area contributed by atoms with Crippen molar-refractivity contribution in [3.05, 3.63) is 5.82 Å². The molecule has 1 aromatic heterocycles. The summed E-state index contributed by atoms with van der Waals surface area (Å²) < 4.78 is 7.48. The van der Waals surface area contributed by atoms with E-state index in [1.165, 1.54) is 0 Å². The van der Waals surface area contributed by atoms with Crippen LogP contribution in [0, 0.1) is 0 Å². The number of aliphatic hydroxyl groups excluding tert-OH is 1. The van der Waals surface area contributed by atoms with E-state index in [-0.39, 0.29) is 12.7 Å². The van der Waals surface area contributed by atoms with Crippen LogP contribution in [0.3, 0.4) is 0 Å². The number of piperidine rings is 1. The van der Waals surface area contributed by atoms with Gasteiger partial charge in [-0.25, -0.2) is 4.68 Å². The third kappa shape index (κ3) is 4.50. The van der Waals surface area contributed by atoms with Crippen LogP contribution >= 0.6 is 0 Å². The Morgan fingerprint density at radius 3 is 2.85 bits per heavy atom. The van der Waals surface area contributed by atoms with Crippen LogP contribution in [-0.2, 0) is 17.8 Å². The number of aromatic nitrogens is 4. The summed E-state index contributed by atoms with van der Waals surface area (Å²) in [4.78, 5) is 2.37. The quantitative estimate of drug-likeness (QED) is 0.746. The van der Waals surface area contributed by atoms with Gasteiger partial charge in [0.15, 0.2) is 5.82 Å². The topological polar surface area (TPSA) is 76.3 Å². The van der Waals surface area contributed by atoms with Crippen molar-refractivity contribution in [3.8, 4) is 0 Å². The number of rotatable bonds is 8. The summed E-state index contributed by atoms with van der Waals surface area (Å²) in [6.45, 7) is 6.42. The molecule has 114 valence electrons. The molecule has 2 heterocycles. The Bertz CT molecular complexity index is 377. The Hall–Kier alpha value is -1.05. The lowest BCUT2D eigenvalue weighted by Gasteiger charge is -2.31. The molecule has 0 radical (unpaired) electrons. The smallest absolute Gasteiger partial charge is 0.165 e. The molecule has 1 aliphatic heterocycles. The van der Waals surface area contributed by atoms with Gasteiger partial charge in [-0.3, -0.25) is 4.90 Å².